The highest BCUT2D eigenvalue weighted by molar-refractivity contribution is 5.67. The summed E-state index contributed by atoms with van der Waals surface area (Å²) in [5.41, 5.74) is 0. The van der Waals surface area contributed by atoms with Crippen LogP contribution >= 0.6 is 0 Å². The van der Waals surface area contributed by atoms with Crippen molar-refractivity contribution in [2.75, 3.05) is 13.2 Å². The van der Waals surface area contributed by atoms with Gasteiger partial charge in [0.2, 0.25) is 0 Å². The molecule has 20 heavy (non-hydrogen) atoms. The molecule has 0 aromatic heterocycles. The Labute approximate surface area is 119 Å². The Kier molecular flexibility index (Phi) is 11.0. The molecule has 0 amide bonds. The average Bonchev–Trinajstić information content (AvgIpc) is 2.44. The van der Waals surface area contributed by atoms with Crippen LogP contribution in [0.3, 0.4) is 0 Å². The fourth-order valence-electron chi connectivity index (χ4n) is 2.15. The number of aliphatic hydroxyl groups is 2. The molecule has 0 aromatic rings. The Balaban J connectivity index is 0.000000361. The third-order valence-corrected chi connectivity index (χ3v) is 3.51. The Morgan fingerprint density at radius 3 is 1.25 bits per heavy atom. The Morgan fingerprint density at radius 2 is 1.05 bits per heavy atom. The van der Waals surface area contributed by atoms with Gasteiger partial charge in [0.15, 0.2) is 0 Å². The Bertz CT molecular complexity index is 243. The highest BCUT2D eigenvalue weighted by atomic mass is 16.4. The Hall–Kier alpha value is -1.14. The minimum atomic E-state index is -0.870. The first-order chi connectivity index (χ1) is 9.49. The SMILES string of the molecule is O=C(O)CCCCC(=O)O.OCC1CCC(CO)CC1. The zero-order chi connectivity index (χ0) is 15.4. The highest BCUT2D eigenvalue weighted by Crippen LogP contribution is 2.27. The second kappa shape index (κ2) is 11.7. The number of aliphatic carboxylic acids is 2. The predicted molar refractivity (Wildman–Crippen MR) is 73.4 cm³/mol. The molecule has 118 valence electrons. The van der Waals surface area contributed by atoms with E-state index < -0.39 is 11.9 Å². The van der Waals surface area contributed by atoms with E-state index in [0.717, 1.165) is 25.7 Å². The van der Waals surface area contributed by atoms with Crippen molar-refractivity contribution in [3.8, 4) is 0 Å². The van der Waals surface area contributed by atoms with Crippen molar-refractivity contribution in [3.05, 3.63) is 0 Å². The first kappa shape index (κ1) is 18.9. The van der Waals surface area contributed by atoms with Gasteiger partial charge in [0.1, 0.15) is 0 Å². The van der Waals surface area contributed by atoms with Gasteiger partial charge in [0.25, 0.3) is 0 Å². The quantitative estimate of drug-likeness (QED) is 0.528. The number of carboxylic acids is 2. The summed E-state index contributed by atoms with van der Waals surface area (Å²) in [5, 5.41) is 33.8. The molecule has 4 N–H and O–H groups in total. The lowest BCUT2D eigenvalue weighted by molar-refractivity contribution is -0.139. The molecule has 0 aliphatic heterocycles. The molecule has 1 aliphatic rings. The third-order valence-electron chi connectivity index (χ3n) is 3.51. The van der Waals surface area contributed by atoms with Gasteiger partial charge in [0, 0.05) is 26.1 Å². The molecule has 0 aromatic carbocycles. The van der Waals surface area contributed by atoms with Crippen LogP contribution in [0.4, 0.5) is 0 Å². The lowest BCUT2D eigenvalue weighted by Crippen LogP contribution is -2.19. The number of carboxylic acid groups (broad SMARTS) is 2. The van der Waals surface area contributed by atoms with E-state index >= 15 is 0 Å². The van der Waals surface area contributed by atoms with Crippen molar-refractivity contribution in [1.29, 1.82) is 0 Å². The summed E-state index contributed by atoms with van der Waals surface area (Å²) in [5.74, 6) is -0.707. The van der Waals surface area contributed by atoms with Crippen LogP contribution in [0.25, 0.3) is 0 Å². The van der Waals surface area contributed by atoms with Crippen LogP contribution < -0.4 is 0 Å². The molecular formula is C14H26O6. The van der Waals surface area contributed by atoms with Crippen molar-refractivity contribution in [1.82, 2.24) is 0 Å². The number of hydrogen-bond donors (Lipinski definition) is 4. The fraction of sp³-hybridized carbons (Fsp3) is 0.857. The fourth-order valence-corrected chi connectivity index (χ4v) is 2.15. The van der Waals surface area contributed by atoms with Crippen molar-refractivity contribution >= 4 is 11.9 Å². The van der Waals surface area contributed by atoms with Crippen molar-refractivity contribution in [2.24, 2.45) is 11.8 Å². The molecule has 0 bridgehead atoms. The summed E-state index contributed by atoms with van der Waals surface area (Å²) in [4.78, 5) is 19.8. The molecule has 0 unspecified atom stereocenters. The lowest BCUT2D eigenvalue weighted by atomic mass is 9.83. The minimum absolute atomic E-state index is 0.0628. The lowest BCUT2D eigenvalue weighted by Gasteiger charge is -2.25. The number of rotatable bonds is 7. The van der Waals surface area contributed by atoms with Gasteiger partial charge < -0.3 is 20.4 Å². The topological polar surface area (TPSA) is 115 Å². The van der Waals surface area contributed by atoms with Gasteiger partial charge in [-0.15, -0.1) is 0 Å². The van der Waals surface area contributed by atoms with E-state index in [-0.39, 0.29) is 12.8 Å². The van der Waals surface area contributed by atoms with Gasteiger partial charge in [-0.1, -0.05) is 0 Å². The molecule has 1 aliphatic carbocycles. The monoisotopic (exact) mass is 290 g/mol. The standard InChI is InChI=1S/C8H16O2.C6H10O4/c9-5-7-1-2-8(6-10)4-3-7;7-5(8)3-1-2-4-6(9)10/h7-10H,1-6H2;1-4H2,(H,7,8)(H,9,10). The van der Waals surface area contributed by atoms with Gasteiger partial charge in [-0.05, 0) is 50.4 Å². The molecule has 1 fully saturated rings. The molecular weight excluding hydrogens is 264 g/mol. The second-order valence-electron chi connectivity index (χ2n) is 5.25. The van der Waals surface area contributed by atoms with Crippen LogP contribution in [-0.2, 0) is 9.59 Å². The van der Waals surface area contributed by atoms with Crippen LogP contribution in [0.2, 0.25) is 0 Å². The summed E-state index contributed by atoms with van der Waals surface area (Å²) < 4.78 is 0. The van der Waals surface area contributed by atoms with Gasteiger partial charge in [-0.25, -0.2) is 0 Å². The number of hydrogen-bond acceptors (Lipinski definition) is 4. The highest BCUT2D eigenvalue weighted by Gasteiger charge is 2.19. The zero-order valence-corrected chi connectivity index (χ0v) is 11.8. The zero-order valence-electron chi connectivity index (χ0n) is 11.8. The van der Waals surface area contributed by atoms with Gasteiger partial charge in [0.05, 0.1) is 0 Å². The summed E-state index contributed by atoms with van der Waals surface area (Å²) in [6.45, 7) is 0.663. The maximum atomic E-state index is 9.90. The van der Waals surface area contributed by atoms with E-state index in [9.17, 15) is 9.59 Å². The van der Waals surface area contributed by atoms with Crippen LogP contribution in [-0.4, -0.2) is 45.6 Å². The van der Waals surface area contributed by atoms with Crippen molar-refractivity contribution in [2.45, 2.75) is 51.4 Å². The summed E-state index contributed by atoms with van der Waals surface area (Å²) >= 11 is 0. The number of aliphatic hydroxyl groups excluding tert-OH is 2. The molecule has 1 rings (SSSR count). The third kappa shape index (κ3) is 10.8. The first-order valence-electron chi connectivity index (χ1n) is 7.14. The van der Waals surface area contributed by atoms with Crippen LogP contribution in [0.15, 0.2) is 0 Å². The molecule has 0 saturated heterocycles. The molecule has 0 spiro atoms. The maximum Gasteiger partial charge on any atom is 0.303 e. The second-order valence-corrected chi connectivity index (χ2v) is 5.25. The van der Waals surface area contributed by atoms with E-state index in [0.29, 0.717) is 37.9 Å². The average molecular weight is 290 g/mol. The summed E-state index contributed by atoms with van der Waals surface area (Å²) in [6, 6.07) is 0. The van der Waals surface area contributed by atoms with E-state index in [4.69, 9.17) is 20.4 Å². The van der Waals surface area contributed by atoms with E-state index in [1.807, 2.05) is 0 Å². The minimum Gasteiger partial charge on any atom is -0.481 e. The van der Waals surface area contributed by atoms with Gasteiger partial charge in [-0.3, -0.25) is 9.59 Å². The Morgan fingerprint density at radius 1 is 0.750 bits per heavy atom. The van der Waals surface area contributed by atoms with Crippen LogP contribution in [0, 0.1) is 11.8 Å². The van der Waals surface area contributed by atoms with Crippen molar-refractivity contribution < 1.29 is 30.0 Å². The number of carbonyl (C=O) groups is 2. The van der Waals surface area contributed by atoms with Gasteiger partial charge >= 0.3 is 11.9 Å². The molecule has 1 saturated carbocycles. The molecule has 0 heterocycles. The van der Waals surface area contributed by atoms with Crippen LogP contribution in [0.5, 0.6) is 0 Å². The summed E-state index contributed by atoms with van der Waals surface area (Å²) in [6.07, 6.45) is 5.41. The molecule has 0 radical (unpaired) electrons. The van der Waals surface area contributed by atoms with E-state index in [1.165, 1.54) is 0 Å². The largest absolute Gasteiger partial charge is 0.481 e. The smallest absolute Gasteiger partial charge is 0.303 e. The van der Waals surface area contributed by atoms with Crippen LogP contribution in [0.1, 0.15) is 51.4 Å². The first-order valence-corrected chi connectivity index (χ1v) is 7.14. The van der Waals surface area contributed by atoms with Crippen molar-refractivity contribution in [3.63, 3.8) is 0 Å². The van der Waals surface area contributed by atoms with E-state index in [1.54, 1.807) is 0 Å². The number of unbranched alkanes of at least 4 members (excludes halogenated alkanes) is 1. The normalized spacial score (nSPS) is 21.7. The summed E-state index contributed by atoms with van der Waals surface area (Å²) in [7, 11) is 0. The van der Waals surface area contributed by atoms with Gasteiger partial charge in [-0.2, -0.15) is 0 Å². The molecule has 0 atom stereocenters. The predicted octanol–water partition coefficient (Wildman–Crippen LogP) is 1.49. The maximum absolute atomic E-state index is 9.90. The molecule has 6 heteroatoms. The molecule has 6 nitrogen and oxygen atoms in total. The van der Waals surface area contributed by atoms with E-state index in [2.05, 4.69) is 0 Å².